The molecule has 12 aromatic rings. The first kappa shape index (κ1) is 33.5. The number of fused-ring (bicyclic) bond motifs is 10. The lowest BCUT2D eigenvalue weighted by atomic mass is 9.83. The zero-order valence-corrected chi connectivity index (χ0v) is 33.8. The molecule has 0 radical (unpaired) electrons. The highest BCUT2D eigenvalue weighted by Gasteiger charge is 2.20. The summed E-state index contributed by atoms with van der Waals surface area (Å²) < 4.78 is 4.02. The summed E-state index contributed by atoms with van der Waals surface area (Å²) in [4.78, 5) is 1.37. The first-order valence-corrected chi connectivity index (χ1v) is 21.7. The zero-order chi connectivity index (χ0) is 38.5. The molecule has 0 amide bonds. The van der Waals surface area contributed by atoms with E-state index in [9.17, 15) is 0 Å². The molecule has 2 heterocycles. The fourth-order valence-electron chi connectivity index (χ4n) is 9.79. The minimum Gasteiger partial charge on any atom is -0.140 e. The number of aryl methyl sites for hydroxylation is 1. The fraction of sp³-hybridized carbons (Fsp3) is 0.0357. The first-order chi connectivity index (χ1) is 28.6. The van der Waals surface area contributed by atoms with Crippen molar-refractivity contribution >= 4 is 113 Å². The molecular weight excluding hydrogens is 737 g/mol. The summed E-state index contributed by atoms with van der Waals surface area (Å²) in [5.74, 6) is 0. The van der Waals surface area contributed by atoms with Gasteiger partial charge in [0.1, 0.15) is 0 Å². The molecule has 0 bridgehead atoms. The average Bonchev–Trinajstić information content (AvgIpc) is 3.80. The molecule has 58 heavy (non-hydrogen) atoms. The molecule has 0 nitrogen and oxygen atoms in total. The molecule has 12 rings (SSSR count). The van der Waals surface area contributed by atoms with Crippen molar-refractivity contribution in [1.29, 1.82) is 0 Å². The van der Waals surface area contributed by atoms with Crippen LogP contribution in [0.2, 0.25) is 0 Å². The smallest absolute Gasteiger partial charge is 0.0361 e. The van der Waals surface area contributed by atoms with Gasteiger partial charge in [0.15, 0.2) is 0 Å². The maximum atomic E-state index is 2.44. The van der Waals surface area contributed by atoms with Gasteiger partial charge >= 0.3 is 0 Å². The van der Waals surface area contributed by atoms with E-state index in [1.807, 2.05) is 22.7 Å². The largest absolute Gasteiger partial charge is 0.140 e. The molecule has 0 fully saturated rings. The lowest BCUT2D eigenvalue weighted by molar-refractivity contribution is 1.61. The Kier molecular flexibility index (Phi) is 7.51. The van der Waals surface area contributed by atoms with Gasteiger partial charge in [-0.05, 0) is 131 Å². The van der Waals surface area contributed by atoms with E-state index in [1.54, 1.807) is 0 Å². The average molecular weight is 773 g/mol. The Morgan fingerprint density at radius 1 is 0.379 bits per heavy atom. The van der Waals surface area contributed by atoms with E-state index in [0.29, 0.717) is 0 Å². The summed E-state index contributed by atoms with van der Waals surface area (Å²) in [6.45, 7) is 4.34. The van der Waals surface area contributed by atoms with Crippen molar-refractivity contribution in [3.8, 4) is 33.4 Å². The van der Waals surface area contributed by atoms with E-state index in [0.717, 1.165) is 0 Å². The number of thiophene rings is 2. The summed E-state index contributed by atoms with van der Waals surface area (Å²) in [6.07, 6.45) is 4.40. The Morgan fingerprint density at radius 2 is 0.966 bits per heavy atom. The van der Waals surface area contributed by atoms with Crippen LogP contribution in [0.1, 0.15) is 17.4 Å². The predicted molar refractivity (Wildman–Crippen MR) is 258 cm³/mol. The van der Waals surface area contributed by atoms with Crippen molar-refractivity contribution < 1.29 is 0 Å². The van der Waals surface area contributed by atoms with Crippen molar-refractivity contribution in [1.82, 2.24) is 0 Å². The van der Waals surface area contributed by atoms with Crippen LogP contribution in [0.4, 0.5) is 0 Å². The SMILES string of the molecule is C/C=C\c1c(C)sc2cc3c(ccc4sc5cc(-c6ccc(-c7c8ccccc8c(-c8cccc9ccccc89)c8ccccc78)c7ccccc67)ccc5c43)cc12. The van der Waals surface area contributed by atoms with Gasteiger partial charge < -0.3 is 0 Å². The predicted octanol–water partition coefficient (Wildman–Crippen LogP) is 17.4. The summed E-state index contributed by atoms with van der Waals surface area (Å²) in [5.41, 5.74) is 8.98. The molecule has 2 aromatic heterocycles. The Morgan fingerprint density at radius 3 is 1.67 bits per heavy atom. The molecule has 2 heteroatoms. The van der Waals surface area contributed by atoms with Gasteiger partial charge in [0.05, 0.1) is 0 Å². The lowest BCUT2D eigenvalue weighted by Gasteiger charge is -2.20. The summed E-state index contributed by atoms with van der Waals surface area (Å²) >= 11 is 3.81. The highest BCUT2D eigenvalue weighted by molar-refractivity contribution is 7.26. The van der Waals surface area contributed by atoms with Crippen molar-refractivity contribution in [2.45, 2.75) is 13.8 Å². The van der Waals surface area contributed by atoms with E-state index >= 15 is 0 Å². The maximum Gasteiger partial charge on any atom is 0.0361 e. The minimum atomic E-state index is 1.25. The van der Waals surface area contributed by atoms with Gasteiger partial charge in [0, 0.05) is 35.1 Å². The van der Waals surface area contributed by atoms with E-state index in [2.05, 4.69) is 196 Å². The highest BCUT2D eigenvalue weighted by Crippen LogP contribution is 2.48. The second-order valence-electron chi connectivity index (χ2n) is 15.5. The Bertz CT molecular complexity index is 3640. The van der Waals surface area contributed by atoms with Gasteiger partial charge in [0.25, 0.3) is 0 Å². The lowest BCUT2D eigenvalue weighted by Crippen LogP contribution is -1.93. The Balaban J connectivity index is 1.06. The van der Waals surface area contributed by atoms with Gasteiger partial charge in [-0.3, -0.25) is 0 Å². The van der Waals surface area contributed by atoms with Gasteiger partial charge in [-0.1, -0.05) is 158 Å². The Hall–Kier alpha value is -6.58. The molecule has 0 aliphatic rings. The summed E-state index contributed by atoms with van der Waals surface area (Å²) in [6, 6.07) is 63.9. The van der Waals surface area contributed by atoms with Gasteiger partial charge in [0.2, 0.25) is 0 Å². The Labute approximate surface area is 344 Å². The third-order valence-electron chi connectivity index (χ3n) is 12.3. The highest BCUT2D eigenvalue weighted by atomic mass is 32.1. The number of benzene rings is 10. The van der Waals surface area contributed by atoms with Gasteiger partial charge in [-0.25, -0.2) is 0 Å². The van der Waals surface area contributed by atoms with Crippen LogP contribution in [0, 0.1) is 6.92 Å². The molecule has 272 valence electrons. The summed E-state index contributed by atoms with van der Waals surface area (Å²) in [5, 5.41) is 16.9. The molecule has 10 aromatic carbocycles. The molecule has 0 saturated carbocycles. The van der Waals surface area contributed by atoms with Crippen LogP contribution in [-0.2, 0) is 0 Å². The normalized spacial score (nSPS) is 12.2. The van der Waals surface area contributed by atoms with Crippen molar-refractivity contribution in [2.24, 2.45) is 0 Å². The van der Waals surface area contributed by atoms with Crippen LogP contribution >= 0.6 is 22.7 Å². The summed E-state index contributed by atoms with van der Waals surface area (Å²) in [7, 11) is 0. The number of allylic oxidation sites excluding steroid dienone is 1. The molecule has 0 atom stereocenters. The number of rotatable bonds is 4. The fourth-order valence-corrected chi connectivity index (χ4v) is 12.0. The van der Waals surface area contributed by atoms with Crippen LogP contribution in [0.15, 0.2) is 176 Å². The zero-order valence-electron chi connectivity index (χ0n) is 32.1. The second-order valence-corrected chi connectivity index (χ2v) is 17.8. The van der Waals surface area contributed by atoms with E-state index < -0.39 is 0 Å². The monoisotopic (exact) mass is 772 g/mol. The molecule has 0 N–H and O–H groups in total. The second kappa shape index (κ2) is 13.0. The quantitative estimate of drug-likeness (QED) is 0.156. The molecule has 0 spiro atoms. The topological polar surface area (TPSA) is 0 Å². The van der Waals surface area contributed by atoms with Crippen LogP contribution in [0.5, 0.6) is 0 Å². The van der Waals surface area contributed by atoms with Crippen molar-refractivity contribution in [3.63, 3.8) is 0 Å². The van der Waals surface area contributed by atoms with Gasteiger partial charge in [-0.2, -0.15) is 0 Å². The van der Waals surface area contributed by atoms with E-state index in [1.165, 1.54) is 128 Å². The van der Waals surface area contributed by atoms with E-state index in [4.69, 9.17) is 0 Å². The van der Waals surface area contributed by atoms with Gasteiger partial charge in [-0.15, -0.1) is 22.7 Å². The maximum absolute atomic E-state index is 2.44. The molecule has 0 aliphatic heterocycles. The first-order valence-electron chi connectivity index (χ1n) is 20.0. The standard InChI is InChI=1S/C56H36S2/c1-3-13-37-33(2)57-53-32-49-35(30-50(37)53)25-29-51-56(49)48-26-24-36(31-52(48)58-51)39-27-28-47(41-18-7-6-17-40(39)41)55-45-21-10-8-19-43(45)54(44-20-9-11-22-46(44)55)42-23-12-15-34-14-4-5-16-38(34)42/h3-32H,1-2H3/b13-3-. The van der Waals surface area contributed by atoms with Crippen LogP contribution in [-0.4, -0.2) is 0 Å². The molecule has 0 aliphatic carbocycles. The van der Waals surface area contributed by atoms with E-state index in [-0.39, 0.29) is 0 Å². The van der Waals surface area contributed by atoms with Crippen LogP contribution in [0.3, 0.4) is 0 Å². The van der Waals surface area contributed by atoms with Crippen LogP contribution < -0.4 is 0 Å². The third-order valence-corrected chi connectivity index (χ3v) is 14.5. The minimum absolute atomic E-state index is 1.25. The third kappa shape index (κ3) is 4.92. The number of hydrogen-bond acceptors (Lipinski definition) is 2. The molecule has 0 unspecified atom stereocenters. The van der Waals surface area contributed by atoms with Crippen molar-refractivity contribution in [2.75, 3.05) is 0 Å². The number of hydrogen-bond donors (Lipinski definition) is 0. The molecular formula is C56H36S2. The van der Waals surface area contributed by atoms with Crippen molar-refractivity contribution in [3.05, 3.63) is 186 Å². The molecule has 0 saturated heterocycles. The van der Waals surface area contributed by atoms with Crippen LogP contribution in [0.25, 0.3) is 124 Å².